The first-order valence-corrected chi connectivity index (χ1v) is 9.32. The molecule has 0 spiro atoms. The monoisotopic (exact) mass is 397 g/mol. The summed E-state index contributed by atoms with van der Waals surface area (Å²) in [5.74, 6) is 1.21. The van der Waals surface area contributed by atoms with Crippen LogP contribution in [0.4, 0.5) is 0 Å². The van der Waals surface area contributed by atoms with E-state index in [1.165, 1.54) is 0 Å². The maximum atomic E-state index is 11.4. The number of benzene rings is 2. The number of aromatic nitrogens is 1. The molecule has 144 valence electrons. The normalized spacial score (nSPS) is 18.0. The predicted octanol–water partition coefficient (Wildman–Crippen LogP) is 4.90. The van der Waals surface area contributed by atoms with Crippen LogP contribution < -0.4 is 9.47 Å². The van der Waals surface area contributed by atoms with Crippen LogP contribution in [0.2, 0.25) is 5.02 Å². The molecule has 2 heterocycles. The molecule has 0 N–H and O–H groups in total. The predicted molar refractivity (Wildman–Crippen MR) is 107 cm³/mol. The van der Waals surface area contributed by atoms with E-state index >= 15 is 0 Å². The first-order valence-electron chi connectivity index (χ1n) is 8.95. The minimum Gasteiger partial charge on any atom is -0.493 e. The standard InChI is InChI=1S/C22H20ClNO4/c1-26-20-7-3-5-15(22(20)27-2)21-16-13-14(23)8-9-17(16)24-11-4-6-18(24)19(28-21)10-12-25/h3-9,11-13,19,21H,10H2,1-2H3. The second-order valence-electron chi connectivity index (χ2n) is 6.50. The van der Waals surface area contributed by atoms with Gasteiger partial charge in [-0.3, -0.25) is 0 Å². The number of carbonyl (C=O) groups is 1. The Morgan fingerprint density at radius 2 is 1.96 bits per heavy atom. The van der Waals surface area contributed by atoms with Crippen molar-refractivity contribution in [1.82, 2.24) is 4.57 Å². The largest absolute Gasteiger partial charge is 0.493 e. The molecular formula is C22H20ClNO4. The van der Waals surface area contributed by atoms with E-state index in [1.54, 1.807) is 14.2 Å². The van der Waals surface area contributed by atoms with Gasteiger partial charge in [-0.1, -0.05) is 23.7 Å². The van der Waals surface area contributed by atoms with Gasteiger partial charge in [-0.05, 0) is 36.4 Å². The molecule has 0 fully saturated rings. The highest BCUT2D eigenvalue weighted by Gasteiger charge is 2.32. The molecular weight excluding hydrogens is 378 g/mol. The first-order chi connectivity index (χ1) is 13.7. The number of hydrogen-bond donors (Lipinski definition) is 0. The third kappa shape index (κ3) is 3.07. The second kappa shape index (κ2) is 7.70. The Kier molecular flexibility index (Phi) is 5.11. The van der Waals surface area contributed by atoms with Gasteiger partial charge in [-0.2, -0.15) is 0 Å². The fraction of sp³-hybridized carbons (Fsp3) is 0.227. The van der Waals surface area contributed by atoms with Gasteiger partial charge < -0.3 is 23.6 Å². The number of halogens is 1. The SMILES string of the molecule is COc1cccc(C2OC(CC=O)c3cccn3-c3ccc(Cl)cc32)c1OC. The Labute approximate surface area is 168 Å². The van der Waals surface area contributed by atoms with Crippen molar-refractivity contribution in [2.24, 2.45) is 0 Å². The number of ether oxygens (including phenoxy) is 3. The Morgan fingerprint density at radius 3 is 2.71 bits per heavy atom. The zero-order valence-electron chi connectivity index (χ0n) is 15.6. The topological polar surface area (TPSA) is 49.7 Å². The lowest BCUT2D eigenvalue weighted by molar-refractivity contribution is -0.111. The van der Waals surface area contributed by atoms with Gasteiger partial charge in [0, 0.05) is 28.8 Å². The molecule has 0 aliphatic carbocycles. The zero-order chi connectivity index (χ0) is 19.7. The van der Waals surface area contributed by atoms with E-state index in [1.807, 2.05) is 59.3 Å². The van der Waals surface area contributed by atoms with Crippen LogP contribution in [0.3, 0.4) is 0 Å². The lowest BCUT2D eigenvalue weighted by Crippen LogP contribution is -2.12. The molecule has 0 saturated heterocycles. The molecule has 1 aliphatic rings. The van der Waals surface area contributed by atoms with E-state index in [2.05, 4.69) is 0 Å². The second-order valence-corrected chi connectivity index (χ2v) is 6.93. The third-order valence-electron chi connectivity index (χ3n) is 4.97. The zero-order valence-corrected chi connectivity index (χ0v) is 16.3. The summed E-state index contributed by atoms with van der Waals surface area (Å²) in [6.45, 7) is 0. The van der Waals surface area contributed by atoms with E-state index in [9.17, 15) is 4.79 Å². The number of para-hydroxylation sites is 1. The van der Waals surface area contributed by atoms with Gasteiger partial charge in [0.15, 0.2) is 11.5 Å². The van der Waals surface area contributed by atoms with Crippen LogP contribution in [0.15, 0.2) is 54.7 Å². The highest BCUT2D eigenvalue weighted by atomic mass is 35.5. The van der Waals surface area contributed by atoms with Crippen LogP contribution in [0.5, 0.6) is 11.5 Å². The van der Waals surface area contributed by atoms with Gasteiger partial charge >= 0.3 is 0 Å². The fourth-order valence-corrected chi connectivity index (χ4v) is 3.94. The van der Waals surface area contributed by atoms with Crippen molar-refractivity contribution in [3.63, 3.8) is 0 Å². The first kappa shape index (κ1) is 18.6. The summed E-state index contributed by atoms with van der Waals surface area (Å²) in [6, 6.07) is 15.3. The van der Waals surface area contributed by atoms with Gasteiger partial charge in [0.2, 0.25) is 0 Å². The van der Waals surface area contributed by atoms with E-state index < -0.39 is 12.2 Å². The van der Waals surface area contributed by atoms with E-state index in [0.717, 1.165) is 28.8 Å². The summed E-state index contributed by atoms with van der Waals surface area (Å²) in [6.07, 6.45) is 2.21. The molecule has 28 heavy (non-hydrogen) atoms. The van der Waals surface area contributed by atoms with Gasteiger partial charge in [0.25, 0.3) is 0 Å². The summed E-state index contributed by atoms with van der Waals surface area (Å²) >= 11 is 6.34. The Balaban J connectivity index is 1.97. The molecule has 4 rings (SSSR count). The number of nitrogens with zero attached hydrogens (tertiary/aromatic N) is 1. The Morgan fingerprint density at radius 1 is 1.11 bits per heavy atom. The van der Waals surface area contributed by atoms with Gasteiger partial charge in [0.1, 0.15) is 18.5 Å². The van der Waals surface area contributed by atoms with Crippen LogP contribution >= 0.6 is 11.6 Å². The van der Waals surface area contributed by atoms with Crippen molar-refractivity contribution in [2.45, 2.75) is 18.6 Å². The highest BCUT2D eigenvalue weighted by molar-refractivity contribution is 6.30. The molecule has 5 nitrogen and oxygen atoms in total. The Bertz CT molecular complexity index is 1010. The van der Waals surface area contributed by atoms with Crippen LogP contribution in [-0.4, -0.2) is 25.1 Å². The van der Waals surface area contributed by atoms with Crippen molar-refractivity contribution in [3.8, 4) is 17.2 Å². The molecule has 0 radical (unpaired) electrons. The molecule has 2 aromatic carbocycles. The third-order valence-corrected chi connectivity index (χ3v) is 5.20. The van der Waals surface area contributed by atoms with Crippen LogP contribution in [-0.2, 0) is 9.53 Å². The molecule has 1 aliphatic heterocycles. The van der Waals surface area contributed by atoms with E-state index in [4.69, 9.17) is 25.8 Å². The van der Waals surface area contributed by atoms with Crippen molar-refractivity contribution in [1.29, 1.82) is 0 Å². The molecule has 1 aromatic heterocycles. The average molecular weight is 398 g/mol. The maximum Gasteiger partial charge on any atom is 0.166 e. The summed E-state index contributed by atoms with van der Waals surface area (Å²) in [5, 5.41) is 0.608. The summed E-state index contributed by atoms with van der Waals surface area (Å²) in [7, 11) is 3.20. The Hall–Kier alpha value is -2.76. The van der Waals surface area contributed by atoms with Gasteiger partial charge in [-0.25, -0.2) is 0 Å². The van der Waals surface area contributed by atoms with Crippen molar-refractivity contribution >= 4 is 17.9 Å². The summed E-state index contributed by atoms with van der Waals surface area (Å²) in [4.78, 5) is 11.4. The number of rotatable bonds is 5. The molecule has 3 aromatic rings. The van der Waals surface area contributed by atoms with Gasteiger partial charge in [-0.15, -0.1) is 0 Å². The average Bonchev–Trinajstić information content (AvgIpc) is 3.15. The quantitative estimate of drug-likeness (QED) is 0.575. The number of methoxy groups -OCH3 is 2. The number of fused-ring (bicyclic) bond motifs is 3. The van der Waals surface area contributed by atoms with Crippen LogP contribution in [0.1, 0.15) is 35.4 Å². The molecule has 0 amide bonds. The van der Waals surface area contributed by atoms with Gasteiger partial charge in [0.05, 0.1) is 25.6 Å². The number of hydrogen-bond acceptors (Lipinski definition) is 4. The molecule has 2 atom stereocenters. The smallest absolute Gasteiger partial charge is 0.166 e. The molecule has 0 bridgehead atoms. The number of aldehydes is 1. The van der Waals surface area contributed by atoms with E-state index in [-0.39, 0.29) is 6.42 Å². The van der Waals surface area contributed by atoms with E-state index in [0.29, 0.717) is 16.5 Å². The number of carbonyl (C=O) groups excluding carboxylic acids is 1. The lowest BCUT2D eigenvalue weighted by atomic mass is 9.98. The maximum absolute atomic E-state index is 11.4. The van der Waals surface area contributed by atoms with Crippen LogP contribution in [0.25, 0.3) is 5.69 Å². The summed E-state index contributed by atoms with van der Waals surface area (Å²) < 4.78 is 19.7. The highest BCUT2D eigenvalue weighted by Crippen LogP contribution is 2.46. The summed E-state index contributed by atoms with van der Waals surface area (Å²) in [5.41, 5.74) is 3.57. The molecule has 6 heteroatoms. The minimum atomic E-state index is -0.483. The fourth-order valence-electron chi connectivity index (χ4n) is 3.76. The lowest BCUT2D eigenvalue weighted by Gasteiger charge is -2.24. The van der Waals surface area contributed by atoms with Crippen molar-refractivity contribution in [2.75, 3.05) is 14.2 Å². The molecule has 2 unspecified atom stereocenters. The van der Waals surface area contributed by atoms with Crippen LogP contribution in [0, 0.1) is 0 Å². The van der Waals surface area contributed by atoms with Crippen molar-refractivity contribution in [3.05, 3.63) is 76.6 Å². The molecule has 0 saturated carbocycles. The van der Waals surface area contributed by atoms with Crippen molar-refractivity contribution < 1.29 is 19.0 Å². The minimum absolute atomic E-state index is 0.245.